The molecule has 8 nitrogen and oxygen atoms in total. The van der Waals surface area contributed by atoms with Crippen LogP contribution in [0.5, 0.6) is 0 Å². The zero-order valence-corrected chi connectivity index (χ0v) is 18.6. The van der Waals surface area contributed by atoms with E-state index >= 15 is 0 Å². The summed E-state index contributed by atoms with van der Waals surface area (Å²) in [6.45, 7) is 0.369. The van der Waals surface area contributed by atoms with Gasteiger partial charge in [0.1, 0.15) is 11.3 Å². The van der Waals surface area contributed by atoms with Gasteiger partial charge in [-0.2, -0.15) is 0 Å². The normalized spacial score (nSPS) is 12.4. The van der Waals surface area contributed by atoms with E-state index in [9.17, 15) is 13.5 Å². The number of hydrogen-bond donors (Lipinski definition) is 1. The van der Waals surface area contributed by atoms with Gasteiger partial charge in [0.05, 0.1) is 28.3 Å². The molecule has 0 unspecified atom stereocenters. The Labute approximate surface area is 182 Å². The van der Waals surface area contributed by atoms with Crippen LogP contribution in [0.3, 0.4) is 0 Å². The van der Waals surface area contributed by atoms with E-state index in [2.05, 4.69) is 9.97 Å². The van der Waals surface area contributed by atoms with Crippen molar-refractivity contribution in [2.75, 3.05) is 20.7 Å². The van der Waals surface area contributed by atoms with E-state index in [0.717, 1.165) is 21.2 Å². The van der Waals surface area contributed by atoms with E-state index < -0.39 is 10.0 Å². The van der Waals surface area contributed by atoms with Crippen molar-refractivity contribution in [3.05, 3.63) is 47.2 Å². The number of rotatable bonds is 7. The topological polar surface area (TPSA) is 101 Å². The summed E-state index contributed by atoms with van der Waals surface area (Å²) in [6.07, 6.45) is 0. The van der Waals surface area contributed by atoms with E-state index in [1.54, 1.807) is 12.1 Å². The van der Waals surface area contributed by atoms with Gasteiger partial charge in [0.2, 0.25) is 10.0 Å². The van der Waals surface area contributed by atoms with Gasteiger partial charge in [-0.3, -0.25) is 0 Å². The van der Waals surface area contributed by atoms with Gasteiger partial charge in [0.15, 0.2) is 5.58 Å². The molecule has 30 heavy (non-hydrogen) atoms. The number of fused-ring (bicyclic) bond motifs is 2. The Morgan fingerprint density at radius 3 is 2.70 bits per heavy atom. The van der Waals surface area contributed by atoms with Crippen molar-refractivity contribution in [3.8, 4) is 0 Å². The zero-order valence-electron chi connectivity index (χ0n) is 16.2. The second kappa shape index (κ2) is 8.20. The molecule has 0 saturated carbocycles. The van der Waals surface area contributed by atoms with Crippen molar-refractivity contribution in [1.29, 1.82) is 0 Å². The predicted molar refractivity (Wildman–Crippen MR) is 116 cm³/mol. The first-order valence-corrected chi connectivity index (χ1v) is 11.8. The smallest absolute Gasteiger partial charge is 0.257 e. The summed E-state index contributed by atoms with van der Waals surface area (Å²) in [5.74, 6) is 1.21. The fourth-order valence-corrected chi connectivity index (χ4v) is 4.92. The van der Waals surface area contributed by atoms with Crippen molar-refractivity contribution in [2.45, 2.75) is 22.4 Å². The molecule has 2 aromatic heterocycles. The average molecular weight is 467 g/mol. The lowest BCUT2D eigenvalue weighted by Gasteiger charge is -2.10. The molecule has 0 fully saturated rings. The lowest BCUT2D eigenvalue weighted by molar-refractivity contribution is 0.276. The van der Waals surface area contributed by atoms with Crippen LogP contribution in [-0.4, -0.2) is 53.1 Å². The Bertz CT molecular complexity index is 1330. The molecule has 2 heterocycles. The molecule has 0 aliphatic rings. The molecule has 0 aliphatic carbocycles. The summed E-state index contributed by atoms with van der Waals surface area (Å²) < 4.78 is 33.5. The number of hydrogen-bond acceptors (Lipinski definition) is 7. The van der Waals surface area contributed by atoms with Crippen LogP contribution in [0.2, 0.25) is 5.02 Å². The number of sulfonamides is 1. The quantitative estimate of drug-likeness (QED) is 0.416. The minimum atomic E-state index is -3.55. The summed E-state index contributed by atoms with van der Waals surface area (Å²) in [5.41, 5.74) is 2.62. The molecule has 0 atom stereocenters. The van der Waals surface area contributed by atoms with Crippen LogP contribution >= 0.6 is 23.4 Å². The lowest BCUT2D eigenvalue weighted by Crippen LogP contribution is -2.22. The average Bonchev–Trinajstić information content (AvgIpc) is 3.26. The maximum Gasteiger partial charge on any atom is 0.257 e. The van der Waals surface area contributed by atoms with Crippen LogP contribution in [0.1, 0.15) is 5.82 Å². The summed E-state index contributed by atoms with van der Waals surface area (Å²) in [5, 5.41) is 10.4. The molecule has 4 aromatic rings. The fourth-order valence-electron chi connectivity index (χ4n) is 3.05. The number of nitrogens with zero attached hydrogens (tertiary/aromatic N) is 4. The van der Waals surface area contributed by atoms with E-state index in [-0.39, 0.29) is 11.5 Å². The fraction of sp³-hybridized carbons (Fsp3) is 0.263. The van der Waals surface area contributed by atoms with E-state index in [1.165, 1.54) is 38.0 Å². The first kappa shape index (κ1) is 21.1. The Morgan fingerprint density at radius 2 is 1.97 bits per heavy atom. The maximum atomic E-state index is 12.3. The summed E-state index contributed by atoms with van der Waals surface area (Å²) >= 11 is 7.45. The summed E-state index contributed by atoms with van der Waals surface area (Å²) in [4.78, 5) is 9.19. The highest BCUT2D eigenvalue weighted by molar-refractivity contribution is 7.98. The number of aromatic nitrogens is 3. The first-order valence-electron chi connectivity index (χ1n) is 9.01. The zero-order chi connectivity index (χ0) is 21.5. The van der Waals surface area contributed by atoms with Crippen molar-refractivity contribution < 1.29 is 17.9 Å². The van der Waals surface area contributed by atoms with Crippen LogP contribution in [0, 0.1) is 0 Å². The standard InChI is InChI=1S/C19H19ClN4O4S2/c1-23(2)30(26,27)13-4-6-17-15(10-13)22-19(28-17)29-11-18-21-14-5-3-12(20)9-16(14)24(18)7-8-25/h3-6,9-10,25H,7-8,11H2,1-2H3. The molecule has 2 aromatic carbocycles. The number of benzene rings is 2. The van der Waals surface area contributed by atoms with Crippen LogP contribution in [-0.2, 0) is 22.3 Å². The Kier molecular flexibility index (Phi) is 5.78. The highest BCUT2D eigenvalue weighted by Gasteiger charge is 2.19. The minimum Gasteiger partial charge on any atom is -0.431 e. The van der Waals surface area contributed by atoms with Gasteiger partial charge >= 0.3 is 0 Å². The molecular formula is C19H19ClN4O4S2. The van der Waals surface area contributed by atoms with Gasteiger partial charge in [-0.25, -0.2) is 22.7 Å². The second-order valence-electron chi connectivity index (χ2n) is 6.72. The lowest BCUT2D eigenvalue weighted by atomic mass is 10.3. The van der Waals surface area contributed by atoms with Crippen LogP contribution in [0.25, 0.3) is 22.1 Å². The number of aliphatic hydroxyl groups is 1. The molecule has 1 N–H and O–H groups in total. The Balaban J connectivity index is 1.62. The number of thioether (sulfide) groups is 1. The van der Waals surface area contributed by atoms with E-state index in [1.807, 2.05) is 16.7 Å². The molecular weight excluding hydrogens is 448 g/mol. The van der Waals surface area contributed by atoms with Gasteiger partial charge in [0, 0.05) is 25.7 Å². The van der Waals surface area contributed by atoms with Crippen molar-refractivity contribution >= 4 is 55.5 Å². The molecule has 0 aliphatic heterocycles. The number of imidazole rings is 1. The number of halogens is 1. The Hall–Kier alpha value is -2.11. The molecule has 11 heteroatoms. The van der Waals surface area contributed by atoms with Gasteiger partial charge in [-0.1, -0.05) is 23.4 Å². The molecule has 0 amide bonds. The van der Waals surface area contributed by atoms with E-state index in [0.29, 0.717) is 33.6 Å². The molecule has 0 spiro atoms. The third kappa shape index (κ3) is 3.93. The summed E-state index contributed by atoms with van der Waals surface area (Å²) in [6, 6.07) is 10.0. The molecule has 0 radical (unpaired) electrons. The molecule has 4 rings (SSSR count). The highest BCUT2D eigenvalue weighted by atomic mass is 35.5. The van der Waals surface area contributed by atoms with Crippen molar-refractivity contribution in [3.63, 3.8) is 0 Å². The van der Waals surface area contributed by atoms with Crippen LogP contribution in [0.15, 0.2) is 50.9 Å². The predicted octanol–water partition coefficient (Wildman–Crippen LogP) is 3.37. The largest absolute Gasteiger partial charge is 0.431 e. The Morgan fingerprint density at radius 1 is 1.17 bits per heavy atom. The monoisotopic (exact) mass is 466 g/mol. The van der Waals surface area contributed by atoms with Gasteiger partial charge < -0.3 is 14.1 Å². The number of oxazole rings is 1. The minimum absolute atomic E-state index is 0.0261. The molecule has 158 valence electrons. The van der Waals surface area contributed by atoms with Crippen molar-refractivity contribution in [1.82, 2.24) is 18.8 Å². The number of aliphatic hydroxyl groups excluding tert-OH is 1. The van der Waals surface area contributed by atoms with Crippen molar-refractivity contribution in [2.24, 2.45) is 0 Å². The van der Waals surface area contributed by atoms with Gasteiger partial charge in [-0.05, 0) is 36.4 Å². The third-order valence-corrected chi connectivity index (χ3v) is 7.43. The highest BCUT2D eigenvalue weighted by Crippen LogP contribution is 2.29. The second-order valence-corrected chi connectivity index (χ2v) is 10.2. The maximum absolute atomic E-state index is 12.3. The SMILES string of the molecule is CN(C)S(=O)(=O)c1ccc2oc(SCc3nc4ccc(Cl)cc4n3CCO)nc2c1. The third-order valence-electron chi connectivity index (χ3n) is 4.56. The molecule has 0 saturated heterocycles. The van der Waals surface area contributed by atoms with Crippen LogP contribution in [0.4, 0.5) is 0 Å². The van der Waals surface area contributed by atoms with E-state index in [4.69, 9.17) is 16.0 Å². The van der Waals surface area contributed by atoms with Gasteiger partial charge in [-0.15, -0.1) is 0 Å². The first-order chi connectivity index (χ1) is 14.3. The van der Waals surface area contributed by atoms with Gasteiger partial charge in [0.25, 0.3) is 5.22 Å². The van der Waals surface area contributed by atoms with Crippen LogP contribution < -0.4 is 0 Å². The summed E-state index contributed by atoms with van der Waals surface area (Å²) in [7, 11) is -0.585. The molecule has 0 bridgehead atoms.